The Balaban J connectivity index is 1.72. The average Bonchev–Trinajstić information content (AvgIpc) is 3.58. The third-order valence-electron chi connectivity index (χ3n) is 7.18. The Morgan fingerprint density at radius 2 is 2.08 bits per heavy atom. The first kappa shape index (κ1) is 27.9. The number of aryl methyl sites for hydroxylation is 1. The number of carbonyl (C=O) groups is 1. The summed E-state index contributed by atoms with van der Waals surface area (Å²) in [6.07, 6.45) is 3.37. The number of aliphatic carboxylic acids is 1. The van der Waals surface area contributed by atoms with Crippen molar-refractivity contribution in [1.29, 1.82) is 0 Å². The number of rotatable bonds is 9. The van der Waals surface area contributed by atoms with Gasteiger partial charge in [0.05, 0.1) is 36.2 Å². The lowest BCUT2D eigenvalue weighted by molar-refractivity contribution is -0.142. The number of benzene rings is 1. The number of thiophene rings is 1. The summed E-state index contributed by atoms with van der Waals surface area (Å²) >= 11 is 1.26. The first-order valence-corrected chi connectivity index (χ1v) is 13.7. The predicted molar refractivity (Wildman–Crippen MR) is 145 cm³/mol. The summed E-state index contributed by atoms with van der Waals surface area (Å²) in [5.41, 5.74) is -1.10. The average molecular weight is 572 g/mol. The number of aromatic nitrogens is 3. The zero-order chi connectivity index (χ0) is 28.6. The summed E-state index contributed by atoms with van der Waals surface area (Å²) in [5, 5.41) is 14.9. The van der Waals surface area contributed by atoms with E-state index in [0.29, 0.717) is 63.9 Å². The van der Waals surface area contributed by atoms with Crippen LogP contribution in [0, 0.1) is 12.7 Å². The van der Waals surface area contributed by atoms with E-state index in [0.717, 1.165) is 0 Å². The molecule has 3 aromatic heterocycles. The van der Waals surface area contributed by atoms with Crippen molar-refractivity contribution in [3.8, 4) is 16.5 Å². The molecule has 1 atom stereocenters. The normalized spacial score (nSPS) is 15.4. The van der Waals surface area contributed by atoms with Gasteiger partial charge in [0, 0.05) is 18.8 Å². The van der Waals surface area contributed by atoms with Crippen LogP contribution in [0.4, 0.5) is 4.39 Å². The maximum absolute atomic E-state index is 14.5. The molecule has 1 saturated heterocycles. The second kappa shape index (κ2) is 11.1. The zero-order valence-electron chi connectivity index (χ0n) is 22.6. The minimum Gasteiger partial charge on any atom is -0.496 e. The fourth-order valence-electron chi connectivity index (χ4n) is 4.82. The van der Waals surface area contributed by atoms with Crippen LogP contribution in [0.3, 0.4) is 0 Å². The van der Waals surface area contributed by atoms with Crippen LogP contribution in [0.25, 0.3) is 21.0 Å². The molecule has 5 rings (SSSR count). The number of methoxy groups -OCH3 is 1. The van der Waals surface area contributed by atoms with Crippen molar-refractivity contribution in [3.05, 3.63) is 63.5 Å². The molecule has 12 heteroatoms. The van der Waals surface area contributed by atoms with Gasteiger partial charge in [0.1, 0.15) is 39.9 Å². The van der Waals surface area contributed by atoms with Gasteiger partial charge in [-0.25, -0.2) is 9.37 Å². The first-order chi connectivity index (χ1) is 19.1. The third-order valence-corrected chi connectivity index (χ3v) is 8.47. The van der Waals surface area contributed by atoms with Gasteiger partial charge in [0.15, 0.2) is 0 Å². The van der Waals surface area contributed by atoms with Crippen LogP contribution in [-0.4, -0.2) is 52.3 Å². The number of hydrogen-bond donors (Lipinski definition) is 1. The molecular weight excluding hydrogens is 541 g/mol. The zero-order valence-corrected chi connectivity index (χ0v) is 23.4. The largest absolute Gasteiger partial charge is 0.496 e. The molecule has 0 saturated carbocycles. The lowest BCUT2D eigenvalue weighted by atomic mass is 9.88. The Labute approximate surface area is 233 Å². The summed E-state index contributed by atoms with van der Waals surface area (Å²) in [7, 11) is 1.50. The summed E-state index contributed by atoms with van der Waals surface area (Å²) < 4.78 is 39.2. The van der Waals surface area contributed by atoms with E-state index in [9.17, 15) is 19.1 Å². The standard InChI is InChI=1S/C28H30FN3O7S/c1-15-21-22(33)24(28(2,3)27(34)35)31-32(26(21)40-23(15)25-30-9-12-38-25)14-20(39-17-7-10-37-11-8-17)18-13-16(29)5-6-19(18)36-4/h5-6,9,12-13,17,20H,7-8,10-11,14H2,1-4H3,(H,34,35)/t20-/m0/s1. The number of hydrogen-bond acceptors (Lipinski definition) is 9. The second-order valence-corrected chi connectivity index (χ2v) is 11.2. The lowest BCUT2D eigenvalue weighted by Gasteiger charge is -2.29. The number of carboxylic acid groups (broad SMARTS) is 1. The molecule has 4 heterocycles. The molecule has 1 aliphatic rings. The fourth-order valence-corrected chi connectivity index (χ4v) is 6.03. The molecule has 0 aliphatic carbocycles. The quantitative estimate of drug-likeness (QED) is 0.299. The smallest absolute Gasteiger partial charge is 0.315 e. The van der Waals surface area contributed by atoms with Crippen LogP contribution in [0.2, 0.25) is 0 Å². The minimum atomic E-state index is -1.59. The van der Waals surface area contributed by atoms with Crippen LogP contribution >= 0.6 is 11.3 Å². The molecule has 212 valence electrons. The maximum atomic E-state index is 14.5. The number of halogens is 1. The van der Waals surface area contributed by atoms with Gasteiger partial charge in [0.2, 0.25) is 11.3 Å². The predicted octanol–water partition coefficient (Wildman–Crippen LogP) is 4.87. The van der Waals surface area contributed by atoms with E-state index in [-0.39, 0.29) is 18.3 Å². The SMILES string of the molecule is COc1ccc(F)cc1[C@H](Cn1nc(C(C)(C)C(=O)O)c(=O)c2c(C)c(-c3ncco3)sc21)OC1CCOCC1. The third kappa shape index (κ3) is 5.14. The van der Waals surface area contributed by atoms with Gasteiger partial charge in [-0.2, -0.15) is 5.10 Å². The van der Waals surface area contributed by atoms with Crippen LogP contribution < -0.4 is 10.2 Å². The van der Waals surface area contributed by atoms with E-state index in [2.05, 4.69) is 10.1 Å². The topological polar surface area (TPSA) is 126 Å². The van der Waals surface area contributed by atoms with Crippen molar-refractivity contribution in [1.82, 2.24) is 14.8 Å². The van der Waals surface area contributed by atoms with Crippen molar-refractivity contribution in [2.75, 3.05) is 20.3 Å². The number of fused-ring (bicyclic) bond motifs is 1. The summed E-state index contributed by atoms with van der Waals surface area (Å²) in [4.78, 5) is 31.3. The number of nitrogens with zero attached hydrogens (tertiary/aromatic N) is 3. The van der Waals surface area contributed by atoms with Gasteiger partial charge in [0.25, 0.3) is 0 Å². The van der Waals surface area contributed by atoms with Crippen LogP contribution in [0.15, 0.2) is 39.9 Å². The Hall–Kier alpha value is -3.61. The van der Waals surface area contributed by atoms with Crippen molar-refractivity contribution in [2.45, 2.75) is 57.8 Å². The second-order valence-electron chi connectivity index (χ2n) is 10.2. The number of ether oxygens (including phenoxy) is 3. The van der Waals surface area contributed by atoms with E-state index in [1.807, 2.05) is 0 Å². The van der Waals surface area contributed by atoms with E-state index in [1.165, 1.54) is 63.0 Å². The van der Waals surface area contributed by atoms with Gasteiger partial charge in [-0.3, -0.25) is 14.3 Å². The van der Waals surface area contributed by atoms with E-state index < -0.39 is 28.7 Å². The molecule has 0 radical (unpaired) electrons. The highest BCUT2D eigenvalue weighted by atomic mass is 32.1. The summed E-state index contributed by atoms with van der Waals surface area (Å²) in [5.74, 6) is -0.874. The van der Waals surface area contributed by atoms with Crippen molar-refractivity contribution in [2.24, 2.45) is 0 Å². The molecule has 0 spiro atoms. The molecule has 0 unspecified atom stereocenters. The molecular formula is C28H30FN3O7S. The molecule has 0 bridgehead atoms. The molecule has 0 amide bonds. The molecule has 40 heavy (non-hydrogen) atoms. The van der Waals surface area contributed by atoms with Gasteiger partial charge in [-0.05, 0) is 57.4 Å². The van der Waals surface area contributed by atoms with Gasteiger partial charge in [-0.15, -0.1) is 11.3 Å². The van der Waals surface area contributed by atoms with Crippen molar-refractivity contribution < 1.29 is 32.9 Å². The van der Waals surface area contributed by atoms with Crippen LogP contribution in [-0.2, 0) is 26.2 Å². The van der Waals surface area contributed by atoms with Crippen LogP contribution in [0.5, 0.6) is 5.75 Å². The highest BCUT2D eigenvalue weighted by Gasteiger charge is 2.37. The molecule has 10 nitrogen and oxygen atoms in total. The highest BCUT2D eigenvalue weighted by molar-refractivity contribution is 7.22. The Kier molecular flexibility index (Phi) is 7.76. The number of carboxylic acids is 1. The van der Waals surface area contributed by atoms with Crippen molar-refractivity contribution >= 4 is 27.5 Å². The maximum Gasteiger partial charge on any atom is 0.315 e. The van der Waals surface area contributed by atoms with Gasteiger partial charge >= 0.3 is 5.97 Å². The van der Waals surface area contributed by atoms with Gasteiger partial charge < -0.3 is 23.7 Å². The highest BCUT2D eigenvalue weighted by Crippen LogP contribution is 2.38. The van der Waals surface area contributed by atoms with Crippen LogP contribution in [0.1, 0.15) is 49.6 Å². The molecule has 1 N–H and O–H groups in total. The first-order valence-electron chi connectivity index (χ1n) is 12.9. The van der Waals surface area contributed by atoms with E-state index in [4.69, 9.17) is 18.6 Å². The molecule has 4 aromatic rings. The Bertz CT molecular complexity index is 1590. The Morgan fingerprint density at radius 3 is 2.73 bits per heavy atom. The monoisotopic (exact) mass is 571 g/mol. The fraction of sp³-hybridized carbons (Fsp3) is 0.429. The lowest BCUT2D eigenvalue weighted by Crippen LogP contribution is -2.37. The summed E-state index contributed by atoms with van der Waals surface area (Å²) in [6, 6.07) is 4.21. The molecule has 1 aromatic carbocycles. The Morgan fingerprint density at radius 1 is 1.32 bits per heavy atom. The van der Waals surface area contributed by atoms with Gasteiger partial charge in [-0.1, -0.05) is 0 Å². The number of oxazole rings is 1. The van der Waals surface area contributed by atoms with Crippen molar-refractivity contribution in [3.63, 3.8) is 0 Å². The minimum absolute atomic E-state index is 0.0572. The molecule has 1 fully saturated rings. The van der Waals surface area contributed by atoms with E-state index >= 15 is 0 Å². The van der Waals surface area contributed by atoms with E-state index in [1.54, 1.807) is 11.6 Å². The molecule has 1 aliphatic heterocycles. The summed E-state index contributed by atoms with van der Waals surface area (Å²) in [6.45, 7) is 5.79.